The standard InChI is InChI=1S/C6H10O5/c1-6(10)5(9)4(8)3(7)2-11-6/h3-4,7-8,10H,2H2,1H3/t3-,4-,6-/m1/s1. The SMILES string of the molecule is C[C@@]1(O)OC[C@@H](O)[C@@H](O)C1=O. The van der Waals surface area contributed by atoms with Gasteiger partial charge < -0.3 is 20.1 Å². The molecule has 11 heavy (non-hydrogen) atoms. The lowest BCUT2D eigenvalue weighted by atomic mass is 10.0. The van der Waals surface area contributed by atoms with Gasteiger partial charge >= 0.3 is 0 Å². The summed E-state index contributed by atoms with van der Waals surface area (Å²) in [6.07, 6.45) is -2.78. The lowest BCUT2D eigenvalue weighted by Gasteiger charge is -2.32. The Balaban J connectivity index is 2.76. The molecule has 3 atom stereocenters. The summed E-state index contributed by atoms with van der Waals surface area (Å²) < 4.78 is 4.56. The van der Waals surface area contributed by atoms with Crippen LogP contribution in [0.15, 0.2) is 0 Å². The van der Waals surface area contributed by atoms with E-state index in [4.69, 9.17) is 15.3 Å². The van der Waals surface area contributed by atoms with Crippen molar-refractivity contribution in [1.29, 1.82) is 0 Å². The second kappa shape index (κ2) is 2.53. The molecule has 1 rings (SSSR count). The molecule has 0 spiro atoms. The van der Waals surface area contributed by atoms with Crippen LogP contribution in [0.3, 0.4) is 0 Å². The zero-order chi connectivity index (χ0) is 8.65. The van der Waals surface area contributed by atoms with E-state index in [0.717, 1.165) is 6.92 Å². The molecule has 1 heterocycles. The average Bonchev–Trinajstić information content (AvgIpc) is 1.95. The third-order valence-electron chi connectivity index (χ3n) is 1.63. The molecule has 1 fully saturated rings. The van der Waals surface area contributed by atoms with E-state index in [0.29, 0.717) is 0 Å². The van der Waals surface area contributed by atoms with Gasteiger partial charge in [-0.05, 0) is 6.92 Å². The Morgan fingerprint density at radius 3 is 2.64 bits per heavy atom. The normalized spacial score (nSPS) is 46.0. The van der Waals surface area contributed by atoms with Crippen LogP contribution in [0.1, 0.15) is 6.92 Å². The van der Waals surface area contributed by atoms with Crippen LogP contribution in [0, 0.1) is 0 Å². The number of hydrogen-bond acceptors (Lipinski definition) is 5. The van der Waals surface area contributed by atoms with Gasteiger partial charge in [-0.25, -0.2) is 0 Å². The first-order valence-electron chi connectivity index (χ1n) is 3.22. The number of hydrogen-bond donors (Lipinski definition) is 3. The molecule has 5 heteroatoms. The number of Topliss-reactive ketones (excluding diaryl/α,β-unsaturated/α-hetero) is 1. The van der Waals surface area contributed by atoms with Gasteiger partial charge in [0.15, 0.2) is 0 Å². The van der Waals surface area contributed by atoms with Gasteiger partial charge in [0.05, 0.1) is 6.61 Å². The smallest absolute Gasteiger partial charge is 0.226 e. The van der Waals surface area contributed by atoms with Crippen molar-refractivity contribution in [3.8, 4) is 0 Å². The van der Waals surface area contributed by atoms with Crippen molar-refractivity contribution >= 4 is 5.78 Å². The molecule has 0 aromatic heterocycles. The van der Waals surface area contributed by atoms with Gasteiger partial charge in [0, 0.05) is 0 Å². The van der Waals surface area contributed by atoms with Crippen molar-refractivity contribution < 1.29 is 24.9 Å². The number of aliphatic hydroxyl groups excluding tert-OH is 2. The van der Waals surface area contributed by atoms with Crippen LogP contribution in [0.4, 0.5) is 0 Å². The zero-order valence-electron chi connectivity index (χ0n) is 6.02. The van der Waals surface area contributed by atoms with E-state index in [2.05, 4.69) is 4.74 Å². The summed E-state index contributed by atoms with van der Waals surface area (Å²) in [5.41, 5.74) is 0. The van der Waals surface area contributed by atoms with Crippen molar-refractivity contribution in [2.24, 2.45) is 0 Å². The first kappa shape index (κ1) is 8.61. The van der Waals surface area contributed by atoms with Gasteiger partial charge in [-0.15, -0.1) is 0 Å². The highest BCUT2D eigenvalue weighted by Gasteiger charge is 2.44. The van der Waals surface area contributed by atoms with E-state index >= 15 is 0 Å². The van der Waals surface area contributed by atoms with Crippen LogP contribution in [-0.2, 0) is 9.53 Å². The Hall–Kier alpha value is -0.490. The number of aliphatic hydroxyl groups is 3. The molecule has 0 bridgehead atoms. The molecule has 0 radical (unpaired) electrons. The summed E-state index contributed by atoms with van der Waals surface area (Å²) in [4.78, 5) is 10.9. The van der Waals surface area contributed by atoms with Crippen molar-refractivity contribution in [2.45, 2.75) is 24.9 Å². The average molecular weight is 162 g/mol. The summed E-state index contributed by atoms with van der Waals surface area (Å²) >= 11 is 0. The predicted octanol–water partition coefficient (Wildman–Crippen LogP) is -1.98. The maximum absolute atomic E-state index is 10.9. The van der Waals surface area contributed by atoms with Gasteiger partial charge in [0.1, 0.15) is 12.2 Å². The Morgan fingerprint density at radius 2 is 2.18 bits per heavy atom. The Morgan fingerprint density at radius 1 is 1.64 bits per heavy atom. The molecule has 3 N–H and O–H groups in total. The fourth-order valence-corrected chi connectivity index (χ4v) is 0.859. The third kappa shape index (κ3) is 1.41. The number of carbonyl (C=O) groups is 1. The molecule has 5 nitrogen and oxygen atoms in total. The summed E-state index contributed by atoms with van der Waals surface area (Å²) in [5.74, 6) is -2.87. The molecule has 0 amide bonds. The van der Waals surface area contributed by atoms with Crippen LogP contribution in [0.2, 0.25) is 0 Å². The molecule has 0 aromatic carbocycles. The Labute approximate surface area is 63.2 Å². The number of ketones is 1. The molecular weight excluding hydrogens is 152 g/mol. The van der Waals surface area contributed by atoms with E-state index in [1.165, 1.54) is 0 Å². The van der Waals surface area contributed by atoms with E-state index in [-0.39, 0.29) is 6.61 Å². The Kier molecular flexibility index (Phi) is 1.98. The monoisotopic (exact) mass is 162 g/mol. The Bertz CT molecular complexity index is 176. The molecule has 0 saturated carbocycles. The van der Waals surface area contributed by atoms with E-state index < -0.39 is 23.8 Å². The second-order valence-electron chi connectivity index (χ2n) is 2.67. The topological polar surface area (TPSA) is 87.0 Å². The largest absolute Gasteiger partial charge is 0.388 e. The summed E-state index contributed by atoms with van der Waals surface area (Å²) in [5, 5.41) is 26.9. The van der Waals surface area contributed by atoms with E-state index in [1.54, 1.807) is 0 Å². The van der Waals surface area contributed by atoms with Gasteiger partial charge in [-0.1, -0.05) is 0 Å². The summed E-state index contributed by atoms with van der Waals surface area (Å²) in [6.45, 7) is 0.893. The highest BCUT2D eigenvalue weighted by Crippen LogP contribution is 2.18. The van der Waals surface area contributed by atoms with Crippen LogP contribution < -0.4 is 0 Å². The van der Waals surface area contributed by atoms with E-state index in [9.17, 15) is 4.79 Å². The minimum atomic E-state index is -1.96. The first-order chi connectivity index (χ1) is 4.95. The van der Waals surface area contributed by atoms with Gasteiger partial charge in [-0.3, -0.25) is 4.79 Å². The zero-order valence-corrected chi connectivity index (χ0v) is 6.02. The van der Waals surface area contributed by atoms with Crippen LogP contribution in [0.25, 0.3) is 0 Å². The maximum atomic E-state index is 10.9. The maximum Gasteiger partial charge on any atom is 0.226 e. The molecule has 1 aliphatic rings. The molecule has 1 saturated heterocycles. The molecule has 1 aliphatic heterocycles. The van der Waals surface area contributed by atoms with Gasteiger partial charge in [-0.2, -0.15) is 0 Å². The minimum absolute atomic E-state index is 0.236. The molecule has 0 unspecified atom stereocenters. The van der Waals surface area contributed by atoms with Gasteiger partial charge in [0.2, 0.25) is 11.6 Å². The number of rotatable bonds is 0. The van der Waals surface area contributed by atoms with E-state index in [1.807, 2.05) is 0 Å². The molecule has 64 valence electrons. The van der Waals surface area contributed by atoms with Crippen molar-refractivity contribution in [1.82, 2.24) is 0 Å². The number of carbonyl (C=O) groups excluding carboxylic acids is 1. The fourth-order valence-electron chi connectivity index (χ4n) is 0.859. The summed E-state index contributed by atoms with van der Waals surface area (Å²) in [6, 6.07) is 0. The van der Waals surface area contributed by atoms with Crippen molar-refractivity contribution in [3.05, 3.63) is 0 Å². The van der Waals surface area contributed by atoms with Crippen LogP contribution in [-0.4, -0.2) is 45.7 Å². The fraction of sp³-hybridized carbons (Fsp3) is 0.833. The molecular formula is C6H10O5. The summed E-state index contributed by atoms with van der Waals surface area (Å²) in [7, 11) is 0. The van der Waals surface area contributed by atoms with Gasteiger partial charge in [0.25, 0.3) is 0 Å². The highest BCUT2D eigenvalue weighted by molar-refractivity contribution is 5.90. The third-order valence-corrected chi connectivity index (χ3v) is 1.63. The second-order valence-corrected chi connectivity index (χ2v) is 2.67. The van der Waals surface area contributed by atoms with Crippen LogP contribution in [0.5, 0.6) is 0 Å². The van der Waals surface area contributed by atoms with Crippen LogP contribution >= 0.6 is 0 Å². The highest BCUT2D eigenvalue weighted by atomic mass is 16.6. The minimum Gasteiger partial charge on any atom is -0.388 e. The molecule has 0 aromatic rings. The van der Waals surface area contributed by atoms with Crippen molar-refractivity contribution in [2.75, 3.05) is 6.61 Å². The lowest BCUT2D eigenvalue weighted by Crippen LogP contribution is -2.56. The quantitative estimate of drug-likeness (QED) is 0.384. The number of ether oxygens (including phenoxy) is 1. The first-order valence-corrected chi connectivity index (χ1v) is 3.22. The predicted molar refractivity (Wildman–Crippen MR) is 33.6 cm³/mol. The lowest BCUT2D eigenvalue weighted by molar-refractivity contribution is -0.238. The van der Waals surface area contributed by atoms with Crippen molar-refractivity contribution in [3.63, 3.8) is 0 Å². The molecule has 0 aliphatic carbocycles.